The Balaban J connectivity index is 1.62. The van der Waals surface area contributed by atoms with E-state index in [9.17, 15) is 0 Å². The number of nitrogens with zero attached hydrogens (tertiary/aromatic N) is 2. The number of rotatable bonds is 21. The van der Waals surface area contributed by atoms with Crippen LogP contribution in [0.1, 0.15) is 122 Å². The summed E-state index contributed by atoms with van der Waals surface area (Å²) in [6.45, 7) is 11.5. The maximum Gasteiger partial charge on any atom is 0.187 e. The van der Waals surface area contributed by atoms with Crippen molar-refractivity contribution in [3.8, 4) is 11.1 Å². The Labute approximate surface area is 230 Å². The van der Waals surface area contributed by atoms with Crippen LogP contribution in [0.2, 0.25) is 19.1 Å². The third-order valence-electron chi connectivity index (χ3n) is 7.48. The van der Waals surface area contributed by atoms with E-state index in [0.717, 1.165) is 30.7 Å². The van der Waals surface area contributed by atoms with Gasteiger partial charge in [-0.2, -0.15) is 0 Å². The topological polar surface area (TPSA) is 35.0 Å². The van der Waals surface area contributed by atoms with E-state index in [1.165, 1.54) is 101 Å². The fourth-order valence-corrected chi connectivity index (χ4v) is 7.65. The predicted octanol–water partition coefficient (Wildman–Crippen LogP) is 10.3. The summed E-state index contributed by atoms with van der Waals surface area (Å²) in [5, 5.41) is 0. The lowest BCUT2D eigenvalue weighted by molar-refractivity contribution is 0.195. The third kappa shape index (κ3) is 14.3. The summed E-state index contributed by atoms with van der Waals surface area (Å²) >= 11 is 0. The van der Waals surface area contributed by atoms with Crippen molar-refractivity contribution < 1.29 is 4.43 Å². The highest BCUT2D eigenvalue weighted by Crippen LogP contribution is 2.21. The summed E-state index contributed by atoms with van der Waals surface area (Å²) in [5.74, 6) is 0.965. The molecular weight excluding hydrogens is 468 g/mol. The molecule has 0 aliphatic rings. The molecule has 3 nitrogen and oxygen atoms in total. The summed E-state index contributed by atoms with van der Waals surface area (Å²) < 4.78 is 6.43. The molecule has 0 saturated carbocycles. The molecule has 1 atom stereocenters. The Morgan fingerprint density at radius 2 is 1.24 bits per heavy atom. The molecule has 0 aliphatic heterocycles. The van der Waals surface area contributed by atoms with Crippen molar-refractivity contribution in [3.63, 3.8) is 0 Å². The molecule has 0 fully saturated rings. The van der Waals surface area contributed by atoms with Crippen molar-refractivity contribution in [2.24, 2.45) is 0 Å². The average molecular weight is 525 g/mol. The normalized spacial score (nSPS) is 12.7. The zero-order valence-corrected chi connectivity index (χ0v) is 25.9. The van der Waals surface area contributed by atoms with Crippen LogP contribution in [-0.4, -0.2) is 24.4 Å². The zero-order valence-electron chi connectivity index (χ0n) is 24.9. The van der Waals surface area contributed by atoms with Crippen molar-refractivity contribution in [3.05, 3.63) is 48.0 Å². The molecular formula is C33H56N2OSi. The van der Waals surface area contributed by atoms with Crippen LogP contribution in [0.5, 0.6) is 0 Å². The monoisotopic (exact) mass is 524 g/mol. The van der Waals surface area contributed by atoms with Gasteiger partial charge >= 0.3 is 0 Å². The van der Waals surface area contributed by atoms with Gasteiger partial charge in [-0.1, -0.05) is 109 Å². The summed E-state index contributed by atoms with van der Waals surface area (Å²) in [5.41, 5.74) is 3.77. The van der Waals surface area contributed by atoms with Gasteiger partial charge in [0, 0.05) is 30.5 Å². The first-order valence-corrected chi connectivity index (χ1v) is 18.6. The largest absolute Gasteiger partial charge is 0.415 e. The van der Waals surface area contributed by atoms with E-state index in [2.05, 4.69) is 68.1 Å². The van der Waals surface area contributed by atoms with Crippen LogP contribution in [-0.2, 0) is 17.3 Å². The molecule has 2 aromatic rings. The van der Waals surface area contributed by atoms with Crippen LogP contribution >= 0.6 is 0 Å². The van der Waals surface area contributed by atoms with Crippen molar-refractivity contribution in [1.29, 1.82) is 0 Å². The molecule has 1 unspecified atom stereocenters. The van der Waals surface area contributed by atoms with E-state index in [-0.39, 0.29) is 0 Å². The Hall–Kier alpha value is -1.52. The standard InChI is InChI=1S/C33H56N2OSi/c1-6-8-10-11-12-13-14-17-20-30-22-24-31(25-23-30)32-27-34-33(35-28-32)21-18-15-16-19-29(3)36-37(4,5)26-9-7-2/h22-25,27-29H,6-21,26H2,1-5H3. The zero-order chi connectivity index (χ0) is 26.8. The van der Waals surface area contributed by atoms with Gasteiger partial charge in [0.2, 0.25) is 0 Å². The maximum absolute atomic E-state index is 6.43. The molecule has 0 spiro atoms. The molecule has 0 amide bonds. The highest BCUT2D eigenvalue weighted by molar-refractivity contribution is 6.71. The smallest absolute Gasteiger partial charge is 0.187 e. The van der Waals surface area contributed by atoms with Crippen molar-refractivity contribution in [2.45, 2.75) is 149 Å². The van der Waals surface area contributed by atoms with Crippen LogP contribution in [0.15, 0.2) is 36.7 Å². The van der Waals surface area contributed by atoms with Gasteiger partial charge < -0.3 is 4.43 Å². The lowest BCUT2D eigenvalue weighted by Gasteiger charge is -2.27. The molecule has 1 heterocycles. The highest BCUT2D eigenvalue weighted by Gasteiger charge is 2.23. The Morgan fingerprint density at radius 3 is 1.89 bits per heavy atom. The van der Waals surface area contributed by atoms with Crippen LogP contribution in [0.3, 0.4) is 0 Å². The Bertz CT molecular complexity index is 819. The quantitative estimate of drug-likeness (QED) is 0.120. The second-order valence-corrected chi connectivity index (χ2v) is 16.0. The number of unbranched alkanes of at least 4 members (excludes halogenated alkanes) is 10. The van der Waals surface area contributed by atoms with Crippen molar-refractivity contribution in [2.75, 3.05) is 0 Å². The maximum atomic E-state index is 6.43. The molecule has 0 radical (unpaired) electrons. The second-order valence-electron chi connectivity index (χ2n) is 11.7. The first-order chi connectivity index (χ1) is 17.9. The minimum Gasteiger partial charge on any atom is -0.415 e. The van der Waals surface area contributed by atoms with Gasteiger partial charge in [0.15, 0.2) is 8.32 Å². The lowest BCUT2D eigenvalue weighted by Crippen LogP contribution is -2.34. The number of hydrogen-bond donors (Lipinski definition) is 0. The van der Waals surface area contributed by atoms with Crippen LogP contribution in [0.4, 0.5) is 0 Å². The van der Waals surface area contributed by atoms with E-state index in [0.29, 0.717) is 6.10 Å². The first kappa shape index (κ1) is 31.7. The molecule has 0 aliphatic carbocycles. The molecule has 37 heavy (non-hydrogen) atoms. The van der Waals surface area contributed by atoms with Crippen LogP contribution in [0, 0.1) is 0 Å². The van der Waals surface area contributed by atoms with Gasteiger partial charge in [-0.05, 0) is 62.9 Å². The van der Waals surface area contributed by atoms with Gasteiger partial charge in [-0.3, -0.25) is 0 Å². The summed E-state index contributed by atoms with van der Waals surface area (Å²) in [6.07, 6.45) is 24.9. The minimum atomic E-state index is -1.48. The van der Waals surface area contributed by atoms with E-state index in [1.54, 1.807) is 0 Å². The fraction of sp³-hybridized carbons (Fsp3) is 0.697. The van der Waals surface area contributed by atoms with Gasteiger partial charge in [0.25, 0.3) is 0 Å². The summed E-state index contributed by atoms with van der Waals surface area (Å²) in [7, 11) is -1.48. The second kappa shape index (κ2) is 18.7. The number of aromatic nitrogens is 2. The van der Waals surface area contributed by atoms with Crippen LogP contribution in [0.25, 0.3) is 11.1 Å². The minimum absolute atomic E-state index is 0.390. The van der Waals surface area contributed by atoms with E-state index in [1.807, 2.05) is 12.4 Å². The number of hydrogen-bond acceptors (Lipinski definition) is 3. The highest BCUT2D eigenvalue weighted by atomic mass is 28.4. The Morgan fingerprint density at radius 1 is 0.676 bits per heavy atom. The van der Waals surface area contributed by atoms with E-state index < -0.39 is 8.32 Å². The molecule has 2 rings (SSSR count). The van der Waals surface area contributed by atoms with Gasteiger partial charge in [0.1, 0.15) is 5.82 Å². The van der Waals surface area contributed by atoms with Crippen molar-refractivity contribution in [1.82, 2.24) is 9.97 Å². The molecule has 0 saturated heterocycles. The third-order valence-corrected chi connectivity index (χ3v) is 10.1. The SMILES string of the molecule is CCCCCCCCCCc1ccc(-c2cnc(CCCCCC(C)O[Si](C)(C)CCCC)nc2)cc1. The number of aryl methyl sites for hydroxylation is 2. The molecule has 1 aromatic carbocycles. The van der Waals surface area contributed by atoms with Crippen molar-refractivity contribution >= 4 is 8.32 Å². The average Bonchev–Trinajstić information content (AvgIpc) is 2.89. The number of benzene rings is 1. The van der Waals surface area contributed by atoms with Gasteiger partial charge in [-0.25, -0.2) is 9.97 Å². The molecule has 208 valence electrons. The fourth-order valence-electron chi connectivity index (χ4n) is 5.12. The van der Waals surface area contributed by atoms with Gasteiger partial charge in [-0.15, -0.1) is 0 Å². The first-order valence-electron chi connectivity index (χ1n) is 15.5. The summed E-state index contributed by atoms with van der Waals surface area (Å²) in [4.78, 5) is 9.31. The Kier molecular flexibility index (Phi) is 16.0. The van der Waals surface area contributed by atoms with E-state index in [4.69, 9.17) is 4.43 Å². The molecule has 0 N–H and O–H groups in total. The molecule has 0 bridgehead atoms. The summed E-state index contributed by atoms with van der Waals surface area (Å²) in [6, 6.07) is 10.3. The molecule has 1 aromatic heterocycles. The van der Waals surface area contributed by atoms with Gasteiger partial charge in [0.05, 0.1) is 0 Å². The van der Waals surface area contributed by atoms with E-state index >= 15 is 0 Å². The lowest BCUT2D eigenvalue weighted by atomic mass is 10.0. The van der Waals surface area contributed by atoms with Crippen LogP contribution < -0.4 is 0 Å². The predicted molar refractivity (Wildman–Crippen MR) is 164 cm³/mol. The molecule has 4 heteroatoms.